The van der Waals surface area contributed by atoms with Crippen molar-refractivity contribution in [2.75, 3.05) is 0 Å². The molecule has 1 aromatic carbocycles. The molecule has 1 heterocycles. The Balaban J connectivity index is 2.55. The number of hydrogen-bond acceptors (Lipinski definition) is 3. The number of phenols is 1. The standard InChI is InChI=1S/C10H10O3/c1-6-5-8(12)10-7(11)3-2-4-9(10)13-6/h2-4,6,11H,5H2,1H3/t6-/m1/s1. The van der Waals surface area contributed by atoms with Crippen molar-refractivity contribution in [2.45, 2.75) is 19.4 Å². The average molecular weight is 178 g/mol. The maximum atomic E-state index is 11.5. The van der Waals surface area contributed by atoms with Crippen molar-refractivity contribution in [3.8, 4) is 11.5 Å². The molecule has 1 aliphatic rings. The zero-order valence-electron chi connectivity index (χ0n) is 7.28. The van der Waals surface area contributed by atoms with Gasteiger partial charge in [-0.05, 0) is 19.1 Å². The van der Waals surface area contributed by atoms with Crippen LogP contribution in [0.5, 0.6) is 11.5 Å². The van der Waals surface area contributed by atoms with E-state index < -0.39 is 0 Å². The van der Waals surface area contributed by atoms with Crippen LogP contribution in [0.3, 0.4) is 0 Å². The van der Waals surface area contributed by atoms with Crippen LogP contribution in [-0.4, -0.2) is 17.0 Å². The molecule has 0 bridgehead atoms. The van der Waals surface area contributed by atoms with E-state index in [1.165, 1.54) is 6.07 Å². The second-order valence-corrected chi connectivity index (χ2v) is 3.21. The highest BCUT2D eigenvalue weighted by atomic mass is 16.5. The van der Waals surface area contributed by atoms with Gasteiger partial charge in [-0.2, -0.15) is 0 Å². The first-order valence-corrected chi connectivity index (χ1v) is 4.20. The van der Waals surface area contributed by atoms with Gasteiger partial charge in [0.25, 0.3) is 0 Å². The number of carbonyl (C=O) groups is 1. The molecular weight excluding hydrogens is 168 g/mol. The molecule has 1 aliphatic heterocycles. The minimum atomic E-state index is -0.0956. The number of hydrogen-bond donors (Lipinski definition) is 1. The molecule has 0 aromatic heterocycles. The Morgan fingerprint density at radius 3 is 3.08 bits per heavy atom. The molecule has 3 heteroatoms. The summed E-state index contributed by atoms with van der Waals surface area (Å²) in [5.41, 5.74) is 0.320. The van der Waals surface area contributed by atoms with Crippen LogP contribution in [0.2, 0.25) is 0 Å². The van der Waals surface area contributed by atoms with Gasteiger partial charge in [-0.15, -0.1) is 0 Å². The fourth-order valence-electron chi connectivity index (χ4n) is 1.52. The van der Waals surface area contributed by atoms with Gasteiger partial charge in [0, 0.05) is 6.42 Å². The molecular formula is C10H10O3. The molecule has 0 spiro atoms. The number of aromatic hydroxyl groups is 1. The van der Waals surface area contributed by atoms with Gasteiger partial charge in [-0.3, -0.25) is 4.79 Å². The molecule has 0 amide bonds. The summed E-state index contributed by atoms with van der Waals surface area (Å²) in [7, 11) is 0. The molecule has 0 fully saturated rings. The van der Waals surface area contributed by atoms with Crippen LogP contribution in [0.25, 0.3) is 0 Å². The van der Waals surface area contributed by atoms with Crippen molar-refractivity contribution in [2.24, 2.45) is 0 Å². The molecule has 2 rings (SSSR count). The lowest BCUT2D eigenvalue weighted by Gasteiger charge is -2.22. The van der Waals surface area contributed by atoms with E-state index in [0.717, 1.165) is 0 Å². The topological polar surface area (TPSA) is 46.5 Å². The first-order chi connectivity index (χ1) is 6.18. The van der Waals surface area contributed by atoms with Gasteiger partial charge in [0.05, 0.1) is 0 Å². The summed E-state index contributed by atoms with van der Waals surface area (Å²) < 4.78 is 5.40. The van der Waals surface area contributed by atoms with E-state index in [4.69, 9.17) is 4.74 Å². The van der Waals surface area contributed by atoms with Crippen LogP contribution in [-0.2, 0) is 0 Å². The van der Waals surface area contributed by atoms with Crippen molar-refractivity contribution in [3.05, 3.63) is 23.8 Å². The number of carbonyl (C=O) groups excluding carboxylic acids is 1. The van der Waals surface area contributed by atoms with Gasteiger partial charge in [0.1, 0.15) is 23.2 Å². The average Bonchev–Trinajstić information content (AvgIpc) is 2.02. The number of fused-ring (bicyclic) bond motifs is 1. The van der Waals surface area contributed by atoms with Crippen LogP contribution in [0, 0.1) is 0 Å². The predicted molar refractivity (Wildman–Crippen MR) is 47.1 cm³/mol. The van der Waals surface area contributed by atoms with E-state index in [1.807, 2.05) is 6.92 Å². The summed E-state index contributed by atoms with van der Waals surface area (Å²) in [6.07, 6.45) is 0.242. The minimum absolute atomic E-state index is 0.00870. The van der Waals surface area contributed by atoms with Crippen LogP contribution in [0.4, 0.5) is 0 Å². The monoisotopic (exact) mass is 178 g/mol. The fourth-order valence-corrected chi connectivity index (χ4v) is 1.52. The summed E-state index contributed by atoms with van der Waals surface area (Å²) >= 11 is 0. The SMILES string of the molecule is C[C@@H]1CC(=O)c2c(O)cccc2O1. The first kappa shape index (κ1) is 8.10. The molecule has 0 aliphatic carbocycles. The Morgan fingerprint density at radius 2 is 2.31 bits per heavy atom. The first-order valence-electron chi connectivity index (χ1n) is 4.20. The summed E-state index contributed by atoms with van der Waals surface area (Å²) in [4.78, 5) is 11.5. The quantitative estimate of drug-likeness (QED) is 0.658. The third-order valence-electron chi connectivity index (χ3n) is 2.08. The Bertz CT molecular complexity index is 357. The van der Waals surface area contributed by atoms with Crippen molar-refractivity contribution in [1.29, 1.82) is 0 Å². The highest BCUT2D eigenvalue weighted by Crippen LogP contribution is 2.33. The lowest BCUT2D eigenvalue weighted by molar-refractivity contribution is 0.0866. The Hall–Kier alpha value is -1.51. The van der Waals surface area contributed by atoms with E-state index in [2.05, 4.69) is 0 Å². The Labute approximate surface area is 76.0 Å². The van der Waals surface area contributed by atoms with Crippen LogP contribution in [0.1, 0.15) is 23.7 Å². The Kier molecular flexibility index (Phi) is 1.72. The Morgan fingerprint density at radius 1 is 1.54 bits per heavy atom. The van der Waals surface area contributed by atoms with E-state index >= 15 is 0 Å². The minimum Gasteiger partial charge on any atom is -0.507 e. The summed E-state index contributed by atoms with van der Waals surface area (Å²) in [5, 5.41) is 9.41. The lowest BCUT2D eigenvalue weighted by Crippen LogP contribution is -2.23. The third-order valence-corrected chi connectivity index (χ3v) is 2.08. The second kappa shape index (κ2) is 2.76. The van der Waals surface area contributed by atoms with Gasteiger partial charge in [-0.1, -0.05) is 6.07 Å². The maximum Gasteiger partial charge on any atom is 0.174 e. The molecule has 3 nitrogen and oxygen atoms in total. The van der Waals surface area contributed by atoms with Crippen LogP contribution >= 0.6 is 0 Å². The van der Waals surface area contributed by atoms with Crippen LogP contribution < -0.4 is 4.74 Å². The molecule has 13 heavy (non-hydrogen) atoms. The van der Waals surface area contributed by atoms with Crippen molar-refractivity contribution in [3.63, 3.8) is 0 Å². The smallest absolute Gasteiger partial charge is 0.174 e. The zero-order valence-corrected chi connectivity index (χ0v) is 7.28. The van der Waals surface area contributed by atoms with Crippen molar-refractivity contribution in [1.82, 2.24) is 0 Å². The number of Topliss-reactive ketones (excluding diaryl/α,β-unsaturated/α-hetero) is 1. The van der Waals surface area contributed by atoms with E-state index in [-0.39, 0.29) is 17.6 Å². The highest BCUT2D eigenvalue weighted by molar-refractivity contribution is 6.02. The number of benzene rings is 1. The molecule has 1 aromatic rings. The van der Waals surface area contributed by atoms with Gasteiger partial charge in [-0.25, -0.2) is 0 Å². The van der Waals surface area contributed by atoms with Gasteiger partial charge >= 0.3 is 0 Å². The third kappa shape index (κ3) is 1.26. The van der Waals surface area contributed by atoms with E-state index in [1.54, 1.807) is 12.1 Å². The van der Waals surface area contributed by atoms with Gasteiger partial charge in [0.15, 0.2) is 5.78 Å². The summed E-state index contributed by atoms with van der Waals surface area (Å²) in [6, 6.07) is 4.86. The molecule has 0 saturated heterocycles. The number of ketones is 1. The molecule has 0 radical (unpaired) electrons. The largest absolute Gasteiger partial charge is 0.507 e. The van der Waals surface area contributed by atoms with Gasteiger partial charge in [0.2, 0.25) is 0 Å². The highest BCUT2D eigenvalue weighted by Gasteiger charge is 2.25. The van der Waals surface area contributed by atoms with Crippen LogP contribution in [0.15, 0.2) is 18.2 Å². The molecule has 1 N–H and O–H groups in total. The lowest BCUT2D eigenvalue weighted by atomic mass is 10.0. The normalized spacial score (nSPS) is 20.7. The summed E-state index contributed by atoms with van der Waals surface area (Å²) in [6.45, 7) is 1.84. The van der Waals surface area contributed by atoms with E-state index in [0.29, 0.717) is 17.7 Å². The second-order valence-electron chi connectivity index (χ2n) is 3.21. The maximum absolute atomic E-state index is 11.5. The van der Waals surface area contributed by atoms with Crippen molar-refractivity contribution < 1.29 is 14.6 Å². The number of ether oxygens (including phenoxy) is 1. The molecule has 1 atom stereocenters. The fraction of sp³-hybridized carbons (Fsp3) is 0.300. The molecule has 0 saturated carbocycles. The van der Waals surface area contributed by atoms with E-state index in [9.17, 15) is 9.90 Å². The molecule has 68 valence electrons. The predicted octanol–water partition coefficient (Wildman–Crippen LogP) is 1.75. The number of rotatable bonds is 0. The summed E-state index contributed by atoms with van der Waals surface area (Å²) in [5.74, 6) is 0.449. The van der Waals surface area contributed by atoms with Gasteiger partial charge < -0.3 is 9.84 Å². The molecule has 0 unspecified atom stereocenters. The van der Waals surface area contributed by atoms with Crippen molar-refractivity contribution >= 4 is 5.78 Å². The number of phenolic OH excluding ortho intramolecular Hbond substituents is 1. The zero-order chi connectivity index (χ0) is 9.42.